The lowest BCUT2D eigenvalue weighted by molar-refractivity contribution is -0.183. The number of carboxylic acid groups (broad SMARTS) is 2. The average Bonchev–Trinajstić information content (AvgIpc) is 3.23. The lowest BCUT2D eigenvalue weighted by atomic mass is 9.38. The highest BCUT2D eigenvalue weighted by atomic mass is 16.5. The number of carbonyl (C=O) groups excluding carboxylic acids is 2. The Morgan fingerprint density at radius 3 is 2.19 bits per heavy atom. The Morgan fingerprint density at radius 2 is 1.60 bits per heavy atom. The molecular formula is C40H58O7. The SMILES string of the molecule is C#C.CC(C)C1=C2C3CCC4C(C)(CCC5C(C)(C)C(OC(=O)CC(C)(C)C(=O)O)CCCC54C)C3CCC2(/C=C/C(=O)O)CC1=O. The van der Waals surface area contributed by atoms with E-state index >= 15 is 0 Å². The van der Waals surface area contributed by atoms with Crippen LogP contribution in [0.5, 0.6) is 0 Å². The zero-order valence-electron chi connectivity index (χ0n) is 30.0. The van der Waals surface area contributed by atoms with Crippen molar-refractivity contribution >= 4 is 23.7 Å². The maximum Gasteiger partial charge on any atom is 0.328 e. The summed E-state index contributed by atoms with van der Waals surface area (Å²) in [6.45, 7) is 16.9. The summed E-state index contributed by atoms with van der Waals surface area (Å²) in [6, 6.07) is 0. The Morgan fingerprint density at radius 1 is 0.936 bits per heavy atom. The molecule has 0 heterocycles. The number of fused-ring (bicyclic) bond motifs is 7. The summed E-state index contributed by atoms with van der Waals surface area (Å²) in [5.41, 5.74) is 0.533. The van der Waals surface area contributed by atoms with Crippen LogP contribution < -0.4 is 0 Å². The van der Waals surface area contributed by atoms with Crippen LogP contribution in [-0.2, 0) is 23.9 Å². The van der Waals surface area contributed by atoms with Gasteiger partial charge in [0.05, 0.1) is 11.8 Å². The fraction of sp³-hybridized carbons (Fsp3) is 0.750. The monoisotopic (exact) mass is 650 g/mol. The van der Waals surface area contributed by atoms with Crippen LogP contribution in [0.1, 0.15) is 126 Å². The molecule has 0 spiro atoms. The van der Waals surface area contributed by atoms with E-state index in [9.17, 15) is 29.4 Å². The minimum atomic E-state index is -1.17. The van der Waals surface area contributed by atoms with E-state index in [1.54, 1.807) is 13.8 Å². The van der Waals surface area contributed by atoms with E-state index in [1.165, 1.54) is 11.6 Å². The number of aliphatic carboxylic acids is 2. The van der Waals surface area contributed by atoms with Gasteiger partial charge in [-0.2, -0.15) is 0 Å². The number of Topliss-reactive ketones (excluding diaryl/α,β-unsaturated/α-hetero) is 1. The second-order valence-corrected chi connectivity index (χ2v) is 17.5. The van der Waals surface area contributed by atoms with Crippen LogP contribution in [-0.4, -0.2) is 40.0 Å². The first-order valence-corrected chi connectivity index (χ1v) is 17.8. The molecule has 2 N–H and O–H groups in total. The molecule has 0 bridgehead atoms. The van der Waals surface area contributed by atoms with Crippen LogP contribution in [0.2, 0.25) is 0 Å². The molecule has 8 atom stereocenters. The summed E-state index contributed by atoms with van der Waals surface area (Å²) in [7, 11) is 0. The first-order chi connectivity index (χ1) is 21.8. The molecule has 0 amide bonds. The summed E-state index contributed by atoms with van der Waals surface area (Å²) in [5, 5.41) is 19.1. The third-order valence-corrected chi connectivity index (χ3v) is 13.8. The molecule has 5 rings (SSSR count). The third kappa shape index (κ3) is 6.12. The zero-order chi connectivity index (χ0) is 35.3. The van der Waals surface area contributed by atoms with E-state index in [0.29, 0.717) is 30.1 Å². The predicted octanol–water partition coefficient (Wildman–Crippen LogP) is 8.27. The van der Waals surface area contributed by atoms with Crippen LogP contribution in [0.4, 0.5) is 0 Å². The molecule has 0 saturated heterocycles. The van der Waals surface area contributed by atoms with Gasteiger partial charge in [0.1, 0.15) is 6.10 Å². The molecule has 260 valence electrons. The fourth-order valence-corrected chi connectivity index (χ4v) is 11.8. The van der Waals surface area contributed by atoms with Gasteiger partial charge in [0.2, 0.25) is 0 Å². The van der Waals surface area contributed by atoms with E-state index < -0.39 is 28.7 Å². The van der Waals surface area contributed by atoms with Gasteiger partial charge in [0.25, 0.3) is 0 Å². The highest BCUT2D eigenvalue weighted by Gasteiger charge is 2.65. The molecule has 7 heteroatoms. The van der Waals surface area contributed by atoms with Gasteiger partial charge in [0, 0.05) is 23.3 Å². The second kappa shape index (κ2) is 12.9. The smallest absolute Gasteiger partial charge is 0.328 e. The van der Waals surface area contributed by atoms with Gasteiger partial charge in [-0.15, -0.1) is 12.8 Å². The molecule has 8 unspecified atom stereocenters. The number of carboxylic acids is 2. The molecule has 0 radical (unpaired) electrons. The minimum absolute atomic E-state index is 0.0709. The number of esters is 1. The topological polar surface area (TPSA) is 118 Å². The van der Waals surface area contributed by atoms with Crippen molar-refractivity contribution in [3.63, 3.8) is 0 Å². The maximum absolute atomic E-state index is 13.5. The van der Waals surface area contributed by atoms with Gasteiger partial charge in [-0.25, -0.2) is 4.79 Å². The molecule has 0 aromatic heterocycles. The van der Waals surface area contributed by atoms with Crippen molar-refractivity contribution in [2.75, 3.05) is 0 Å². The fourth-order valence-electron chi connectivity index (χ4n) is 11.8. The molecular weight excluding hydrogens is 592 g/mol. The number of allylic oxidation sites excluding steroid dienone is 3. The van der Waals surface area contributed by atoms with E-state index in [2.05, 4.69) is 54.4 Å². The quantitative estimate of drug-likeness (QED) is 0.162. The number of hydrogen-bond acceptors (Lipinski definition) is 5. The normalized spacial score (nSPS) is 37.9. The number of ether oxygens (including phenoxy) is 1. The Labute approximate surface area is 282 Å². The van der Waals surface area contributed by atoms with Crippen molar-refractivity contribution in [1.82, 2.24) is 0 Å². The predicted molar refractivity (Wildman–Crippen MR) is 182 cm³/mol. The summed E-state index contributed by atoms with van der Waals surface area (Å²) in [5.74, 6) is -0.424. The van der Waals surface area contributed by atoms with Crippen LogP contribution >= 0.6 is 0 Å². The number of carbonyl (C=O) groups is 4. The average molecular weight is 651 g/mol. The summed E-state index contributed by atoms with van der Waals surface area (Å²) < 4.78 is 6.17. The second-order valence-electron chi connectivity index (χ2n) is 17.5. The Bertz CT molecular complexity index is 1360. The van der Waals surface area contributed by atoms with Gasteiger partial charge < -0.3 is 14.9 Å². The lowest BCUT2D eigenvalue weighted by Crippen LogP contribution is -2.60. The Hall–Kier alpha value is -2.88. The number of ketones is 1. The molecule has 47 heavy (non-hydrogen) atoms. The number of rotatable bonds is 7. The number of terminal acetylenes is 1. The number of hydrogen-bond donors (Lipinski definition) is 2. The van der Waals surface area contributed by atoms with Crippen LogP contribution in [0, 0.1) is 69.5 Å². The first kappa shape index (κ1) is 36.9. The van der Waals surface area contributed by atoms with E-state index in [0.717, 1.165) is 63.4 Å². The summed E-state index contributed by atoms with van der Waals surface area (Å²) in [6.07, 6.45) is 20.1. The van der Waals surface area contributed by atoms with Crippen LogP contribution in [0.25, 0.3) is 0 Å². The molecule has 0 aromatic rings. The van der Waals surface area contributed by atoms with Crippen molar-refractivity contribution in [2.24, 2.45) is 56.7 Å². The Balaban J connectivity index is 0.00000245. The summed E-state index contributed by atoms with van der Waals surface area (Å²) in [4.78, 5) is 49.9. The van der Waals surface area contributed by atoms with E-state index in [1.807, 2.05) is 6.08 Å². The van der Waals surface area contributed by atoms with Gasteiger partial charge in [-0.05, 0) is 123 Å². The van der Waals surface area contributed by atoms with Crippen LogP contribution in [0.15, 0.2) is 23.3 Å². The zero-order valence-corrected chi connectivity index (χ0v) is 30.0. The minimum Gasteiger partial charge on any atom is -0.481 e. The Kier molecular flexibility index (Phi) is 10.1. The maximum atomic E-state index is 13.5. The van der Waals surface area contributed by atoms with Gasteiger partial charge in [0.15, 0.2) is 5.78 Å². The van der Waals surface area contributed by atoms with Crippen molar-refractivity contribution in [2.45, 2.75) is 132 Å². The van der Waals surface area contributed by atoms with Crippen molar-refractivity contribution in [3.8, 4) is 12.8 Å². The highest BCUT2D eigenvalue weighted by Crippen LogP contribution is 2.72. The largest absolute Gasteiger partial charge is 0.481 e. The van der Waals surface area contributed by atoms with Crippen molar-refractivity contribution in [1.29, 1.82) is 0 Å². The standard InChI is InChI=1S/C38H56O7.C2H2/c1-22(2)31-25(39)20-38(19-15-29(40)41)18-13-24-23(32(31)38)11-12-27-36(24,7)17-14-26-35(5,6)28(10-9-16-37(26,27)8)45-30(42)21-34(3,4)33(43)44;1-2/h15,19,22-24,26-28H,9-14,16-18,20-21H2,1-8H3,(H,40,41)(H,43,44);1-2H/b19-15+;. The van der Waals surface area contributed by atoms with Crippen LogP contribution in [0.3, 0.4) is 0 Å². The van der Waals surface area contributed by atoms with E-state index in [4.69, 9.17) is 4.74 Å². The van der Waals surface area contributed by atoms with Crippen molar-refractivity contribution in [3.05, 3.63) is 23.3 Å². The van der Waals surface area contributed by atoms with Gasteiger partial charge in [-0.3, -0.25) is 14.4 Å². The molecule has 7 nitrogen and oxygen atoms in total. The van der Waals surface area contributed by atoms with Gasteiger partial charge >= 0.3 is 17.9 Å². The lowest BCUT2D eigenvalue weighted by Gasteiger charge is -2.66. The highest BCUT2D eigenvalue weighted by molar-refractivity contribution is 6.01. The molecule has 0 aliphatic heterocycles. The molecule has 5 aliphatic carbocycles. The molecule has 4 fully saturated rings. The third-order valence-electron chi connectivity index (χ3n) is 13.8. The molecule has 5 aliphatic rings. The summed E-state index contributed by atoms with van der Waals surface area (Å²) >= 11 is 0. The molecule has 0 aromatic carbocycles. The first-order valence-electron chi connectivity index (χ1n) is 17.8. The van der Waals surface area contributed by atoms with Crippen molar-refractivity contribution < 1.29 is 34.1 Å². The van der Waals surface area contributed by atoms with E-state index in [-0.39, 0.29) is 40.5 Å². The van der Waals surface area contributed by atoms with Gasteiger partial charge in [-0.1, -0.05) is 47.6 Å². The molecule has 4 saturated carbocycles.